The van der Waals surface area contributed by atoms with E-state index >= 15 is 0 Å². The summed E-state index contributed by atoms with van der Waals surface area (Å²) in [5.74, 6) is -1.28. The van der Waals surface area contributed by atoms with Gasteiger partial charge in [-0.1, -0.05) is 49.1 Å². The molecule has 0 amide bonds. The lowest BCUT2D eigenvalue weighted by molar-refractivity contribution is -0.141. The molecule has 1 saturated carbocycles. The van der Waals surface area contributed by atoms with Gasteiger partial charge in [-0.15, -0.1) is 0 Å². The van der Waals surface area contributed by atoms with Gasteiger partial charge in [-0.2, -0.15) is 8.42 Å². The maximum absolute atomic E-state index is 13.8. The molecule has 150 valence electrons. The molecule has 0 unspecified atom stereocenters. The molecule has 0 atom stereocenters. The van der Waals surface area contributed by atoms with E-state index in [0.717, 1.165) is 24.8 Å². The van der Waals surface area contributed by atoms with Crippen molar-refractivity contribution in [3.8, 4) is 0 Å². The Kier molecular flexibility index (Phi) is 5.62. The quantitative estimate of drug-likeness (QED) is 0.681. The van der Waals surface area contributed by atoms with Gasteiger partial charge in [-0.05, 0) is 62.4 Å². The van der Waals surface area contributed by atoms with Gasteiger partial charge in [0.25, 0.3) is 0 Å². The monoisotopic (exact) mass is 404 g/mol. The van der Waals surface area contributed by atoms with Gasteiger partial charge < -0.3 is 4.18 Å². The summed E-state index contributed by atoms with van der Waals surface area (Å²) in [6.07, 6.45) is 3.35. The molecule has 0 radical (unpaired) electrons. The first kappa shape index (κ1) is 20.5. The summed E-state index contributed by atoms with van der Waals surface area (Å²) >= 11 is 0. The van der Waals surface area contributed by atoms with Crippen LogP contribution in [0.5, 0.6) is 0 Å². The number of benzene rings is 2. The number of carbonyl (C=O) groups is 1. The van der Waals surface area contributed by atoms with Crippen molar-refractivity contribution in [3.63, 3.8) is 0 Å². The van der Waals surface area contributed by atoms with Gasteiger partial charge in [-0.3, -0.25) is 0 Å². The zero-order valence-electron chi connectivity index (χ0n) is 16.4. The van der Waals surface area contributed by atoms with E-state index < -0.39 is 27.3 Å². The maximum atomic E-state index is 13.8. The molecule has 1 fully saturated rings. The normalized spacial score (nSPS) is 16.6. The van der Waals surface area contributed by atoms with Crippen LogP contribution in [0.25, 0.3) is 0 Å². The van der Waals surface area contributed by atoms with Gasteiger partial charge in [0.05, 0.1) is 5.41 Å². The fraction of sp³-hybridized carbons (Fsp3) is 0.409. The van der Waals surface area contributed by atoms with E-state index in [2.05, 4.69) is 0 Å². The fourth-order valence-electron chi connectivity index (χ4n) is 4.33. The Bertz CT molecular complexity index is 982. The van der Waals surface area contributed by atoms with Crippen molar-refractivity contribution in [1.29, 1.82) is 0 Å². The third-order valence-corrected chi connectivity index (χ3v) is 7.03. The van der Waals surface area contributed by atoms with Crippen LogP contribution in [0.1, 0.15) is 54.4 Å². The molecule has 0 spiro atoms. The van der Waals surface area contributed by atoms with Crippen LogP contribution in [0.4, 0.5) is 4.39 Å². The Balaban J connectivity index is 2.01. The highest BCUT2D eigenvalue weighted by molar-refractivity contribution is 7.87. The Labute approximate surface area is 165 Å². The molecule has 0 aromatic heterocycles. The third-order valence-electron chi connectivity index (χ3n) is 5.52. The average Bonchev–Trinajstić information content (AvgIpc) is 2.60. The highest BCUT2D eigenvalue weighted by Gasteiger charge is 2.45. The summed E-state index contributed by atoms with van der Waals surface area (Å²) in [6.45, 7) is 5.25. The largest absolute Gasteiger partial charge is 0.342 e. The van der Waals surface area contributed by atoms with Crippen LogP contribution in [0, 0.1) is 26.6 Å². The van der Waals surface area contributed by atoms with Crippen molar-refractivity contribution in [1.82, 2.24) is 0 Å². The van der Waals surface area contributed by atoms with Gasteiger partial charge in [0, 0.05) is 0 Å². The first-order chi connectivity index (χ1) is 13.2. The summed E-state index contributed by atoms with van der Waals surface area (Å²) in [7, 11) is -4.29. The predicted molar refractivity (Wildman–Crippen MR) is 105 cm³/mol. The first-order valence-corrected chi connectivity index (χ1v) is 10.9. The van der Waals surface area contributed by atoms with Crippen LogP contribution < -0.4 is 0 Å². The first-order valence-electron chi connectivity index (χ1n) is 9.48. The SMILES string of the molecule is Cc1cc(C)c(S(=O)(=O)OC(=O)C2(c3cccc(F)c3)CCCCC2)c(C)c1. The lowest BCUT2D eigenvalue weighted by atomic mass is 9.69. The Hall–Kier alpha value is -2.21. The Morgan fingerprint density at radius 2 is 1.61 bits per heavy atom. The van der Waals surface area contributed by atoms with Crippen LogP contribution in [0.3, 0.4) is 0 Å². The number of carbonyl (C=O) groups excluding carboxylic acids is 1. The third kappa shape index (κ3) is 3.83. The van der Waals surface area contributed by atoms with Crippen LogP contribution in [0.2, 0.25) is 0 Å². The molecule has 2 aromatic carbocycles. The highest BCUT2D eigenvalue weighted by atomic mass is 32.2. The van der Waals surface area contributed by atoms with Crippen molar-refractivity contribution in [3.05, 3.63) is 64.5 Å². The van der Waals surface area contributed by atoms with E-state index in [9.17, 15) is 17.6 Å². The average molecular weight is 405 g/mol. The molecule has 0 bridgehead atoms. The maximum Gasteiger partial charge on any atom is 0.342 e. The smallest absolute Gasteiger partial charge is 0.341 e. The van der Waals surface area contributed by atoms with Crippen LogP contribution in [-0.2, 0) is 24.5 Å². The van der Waals surface area contributed by atoms with Gasteiger partial charge in [-0.25, -0.2) is 9.18 Å². The molecule has 0 heterocycles. The zero-order chi connectivity index (χ0) is 20.5. The molecule has 0 aliphatic heterocycles. The van der Waals surface area contributed by atoms with Crippen LogP contribution >= 0.6 is 0 Å². The minimum Gasteiger partial charge on any atom is -0.341 e. The summed E-state index contributed by atoms with van der Waals surface area (Å²) in [5, 5.41) is 0. The molecule has 28 heavy (non-hydrogen) atoms. The summed E-state index contributed by atoms with van der Waals surface area (Å²) in [4.78, 5) is 13.2. The number of hydrogen-bond acceptors (Lipinski definition) is 4. The van der Waals surface area contributed by atoms with Gasteiger partial charge in [0.15, 0.2) is 0 Å². The van der Waals surface area contributed by atoms with Crippen molar-refractivity contribution in [2.45, 2.75) is 63.2 Å². The van der Waals surface area contributed by atoms with Crippen molar-refractivity contribution in [2.75, 3.05) is 0 Å². The van der Waals surface area contributed by atoms with Gasteiger partial charge >= 0.3 is 16.1 Å². The van der Waals surface area contributed by atoms with E-state index in [1.165, 1.54) is 18.2 Å². The Morgan fingerprint density at radius 3 is 2.18 bits per heavy atom. The molecule has 0 N–H and O–H groups in total. The fourth-order valence-corrected chi connectivity index (χ4v) is 5.68. The summed E-state index contributed by atoms with van der Waals surface area (Å²) < 4.78 is 44.9. The van der Waals surface area contributed by atoms with Crippen LogP contribution in [0.15, 0.2) is 41.3 Å². The van der Waals surface area contributed by atoms with Gasteiger partial charge in [0.2, 0.25) is 0 Å². The summed E-state index contributed by atoms with van der Waals surface area (Å²) in [5.41, 5.74) is 1.34. The predicted octanol–water partition coefficient (Wildman–Crippen LogP) is 4.88. The summed E-state index contributed by atoms with van der Waals surface area (Å²) in [6, 6.07) is 9.32. The van der Waals surface area contributed by atoms with Crippen molar-refractivity contribution in [2.24, 2.45) is 0 Å². The van der Waals surface area contributed by atoms with E-state index in [-0.39, 0.29) is 4.90 Å². The highest BCUT2D eigenvalue weighted by Crippen LogP contribution is 2.41. The number of rotatable bonds is 4. The van der Waals surface area contributed by atoms with E-state index in [1.54, 1.807) is 32.0 Å². The van der Waals surface area contributed by atoms with Gasteiger partial charge in [0.1, 0.15) is 10.7 Å². The minimum absolute atomic E-state index is 0.0247. The number of hydrogen-bond donors (Lipinski definition) is 0. The van der Waals surface area contributed by atoms with E-state index in [0.29, 0.717) is 29.5 Å². The molecule has 2 aromatic rings. The Morgan fingerprint density at radius 1 is 1.00 bits per heavy atom. The molecule has 0 saturated heterocycles. The standard InChI is InChI=1S/C22H25FO4S/c1-15-12-16(2)20(17(3)13-15)28(25,26)27-21(24)22(10-5-4-6-11-22)18-8-7-9-19(23)14-18/h7-9,12-14H,4-6,10-11H2,1-3H3. The van der Waals surface area contributed by atoms with Crippen LogP contribution in [-0.4, -0.2) is 14.4 Å². The second-order valence-electron chi connectivity index (χ2n) is 7.71. The minimum atomic E-state index is -4.29. The zero-order valence-corrected chi connectivity index (χ0v) is 17.2. The molecule has 3 rings (SSSR count). The number of aryl methyl sites for hydroxylation is 3. The lowest BCUT2D eigenvalue weighted by Gasteiger charge is -2.35. The number of halogens is 1. The molecule has 4 nitrogen and oxygen atoms in total. The second-order valence-corrected chi connectivity index (χ2v) is 9.19. The topological polar surface area (TPSA) is 60.4 Å². The molecule has 1 aliphatic carbocycles. The lowest BCUT2D eigenvalue weighted by Crippen LogP contribution is -2.40. The molecule has 1 aliphatic rings. The second kappa shape index (κ2) is 7.66. The van der Waals surface area contributed by atoms with Crippen molar-refractivity contribution >= 4 is 16.1 Å². The van der Waals surface area contributed by atoms with E-state index in [1.807, 2.05) is 6.92 Å². The van der Waals surface area contributed by atoms with Crippen molar-refractivity contribution < 1.29 is 21.8 Å². The molecule has 6 heteroatoms. The molecular weight excluding hydrogens is 379 g/mol. The van der Waals surface area contributed by atoms with E-state index in [4.69, 9.17) is 4.18 Å². The molecular formula is C22H25FO4S.